The van der Waals surface area contributed by atoms with E-state index in [1.54, 1.807) is 11.3 Å². The van der Waals surface area contributed by atoms with Crippen molar-refractivity contribution in [2.24, 2.45) is 0 Å². The highest BCUT2D eigenvalue weighted by atomic mass is 35.5. The summed E-state index contributed by atoms with van der Waals surface area (Å²) in [6.07, 6.45) is 5.53. The van der Waals surface area contributed by atoms with E-state index in [-0.39, 0.29) is 12.1 Å². The van der Waals surface area contributed by atoms with Crippen LogP contribution in [0.15, 0.2) is 11.6 Å². The van der Waals surface area contributed by atoms with Gasteiger partial charge in [0.1, 0.15) is 11.4 Å². The van der Waals surface area contributed by atoms with Crippen LogP contribution in [0.2, 0.25) is 5.02 Å². The van der Waals surface area contributed by atoms with Crippen LogP contribution in [-0.4, -0.2) is 52.5 Å². The van der Waals surface area contributed by atoms with Gasteiger partial charge in [-0.05, 0) is 38.8 Å². The van der Waals surface area contributed by atoms with Crippen LogP contribution in [0.3, 0.4) is 0 Å². The molecule has 0 aromatic carbocycles. The molecular formula is C17H24ClN5O2S. The normalized spacial score (nSPS) is 21.1. The first kappa shape index (κ1) is 19.4. The van der Waals surface area contributed by atoms with Crippen molar-refractivity contribution in [1.82, 2.24) is 20.3 Å². The van der Waals surface area contributed by atoms with Crippen LogP contribution in [-0.2, 0) is 4.74 Å². The lowest BCUT2D eigenvalue weighted by molar-refractivity contribution is -0.00535. The first-order valence-electron chi connectivity index (χ1n) is 8.84. The van der Waals surface area contributed by atoms with E-state index >= 15 is 0 Å². The Morgan fingerprint density at radius 2 is 2.08 bits per heavy atom. The topological polar surface area (TPSA) is 106 Å². The van der Waals surface area contributed by atoms with Crippen LogP contribution in [0.1, 0.15) is 36.6 Å². The maximum absolute atomic E-state index is 8.78. The Hall–Kier alpha value is -1.32. The quantitative estimate of drug-likeness (QED) is 0.714. The van der Waals surface area contributed by atoms with E-state index in [0.29, 0.717) is 23.2 Å². The van der Waals surface area contributed by atoms with Crippen LogP contribution >= 0.6 is 22.9 Å². The molecule has 0 spiro atoms. The highest BCUT2D eigenvalue weighted by molar-refractivity contribution is 7.10. The third-order valence-electron chi connectivity index (χ3n) is 4.35. The Morgan fingerprint density at radius 1 is 1.27 bits per heavy atom. The molecule has 1 atom stereocenters. The first-order valence-corrected chi connectivity index (χ1v) is 10.1. The van der Waals surface area contributed by atoms with Crippen LogP contribution in [0, 0.1) is 0 Å². The summed E-state index contributed by atoms with van der Waals surface area (Å²) in [5.74, 6) is 0.758. The Labute approximate surface area is 162 Å². The molecule has 0 bridgehead atoms. The lowest BCUT2D eigenvalue weighted by Gasteiger charge is -2.20. The van der Waals surface area contributed by atoms with E-state index in [9.17, 15) is 0 Å². The smallest absolute Gasteiger partial charge is 0.220 e. The van der Waals surface area contributed by atoms with Gasteiger partial charge in [0.05, 0.1) is 28.9 Å². The third-order valence-corrected chi connectivity index (χ3v) is 5.64. The number of halogens is 1. The minimum absolute atomic E-state index is 0.186. The predicted molar refractivity (Wildman–Crippen MR) is 103 cm³/mol. The first-order chi connectivity index (χ1) is 12.6. The van der Waals surface area contributed by atoms with Gasteiger partial charge in [0, 0.05) is 17.9 Å². The van der Waals surface area contributed by atoms with Crippen molar-refractivity contribution >= 4 is 28.9 Å². The van der Waals surface area contributed by atoms with Crippen molar-refractivity contribution in [3.63, 3.8) is 0 Å². The minimum atomic E-state index is -0.186. The van der Waals surface area contributed by atoms with E-state index in [4.69, 9.17) is 27.2 Å². The largest absolute Gasteiger partial charge is 0.391 e. The molecule has 26 heavy (non-hydrogen) atoms. The van der Waals surface area contributed by atoms with E-state index in [2.05, 4.69) is 20.3 Å². The number of nitrogens with zero attached hydrogens (tertiary/aromatic N) is 3. The molecule has 4 N–H and O–H groups in total. The van der Waals surface area contributed by atoms with Gasteiger partial charge in [-0.15, -0.1) is 11.3 Å². The van der Waals surface area contributed by atoms with Gasteiger partial charge in [0.15, 0.2) is 0 Å². The van der Waals surface area contributed by atoms with Crippen molar-refractivity contribution in [2.75, 3.05) is 32.0 Å². The Kier molecular flexibility index (Phi) is 7.15. The van der Waals surface area contributed by atoms with Crippen LogP contribution in [0.25, 0.3) is 11.4 Å². The molecule has 9 heteroatoms. The summed E-state index contributed by atoms with van der Waals surface area (Å²) < 4.78 is 4.93. The maximum Gasteiger partial charge on any atom is 0.220 e. The molecule has 2 fully saturated rings. The average Bonchev–Trinajstić information content (AvgIpc) is 3.16. The molecule has 2 saturated heterocycles. The number of thiazole rings is 1. The minimum Gasteiger partial charge on any atom is -0.391 e. The summed E-state index contributed by atoms with van der Waals surface area (Å²) in [6, 6.07) is 0. The number of nitrogens with two attached hydrogens (primary N) is 1. The van der Waals surface area contributed by atoms with Gasteiger partial charge >= 0.3 is 0 Å². The fraction of sp³-hybridized carbons (Fsp3) is 0.588. The summed E-state index contributed by atoms with van der Waals surface area (Å²) in [6.45, 7) is 3.48. The highest BCUT2D eigenvalue weighted by Crippen LogP contribution is 2.32. The maximum atomic E-state index is 8.78. The van der Waals surface area contributed by atoms with E-state index in [1.165, 1.54) is 6.20 Å². The van der Waals surface area contributed by atoms with Crippen LogP contribution in [0.4, 0.5) is 5.95 Å². The van der Waals surface area contributed by atoms with Crippen LogP contribution < -0.4 is 11.1 Å². The van der Waals surface area contributed by atoms with Gasteiger partial charge < -0.3 is 20.9 Å². The van der Waals surface area contributed by atoms with Crippen molar-refractivity contribution in [1.29, 1.82) is 0 Å². The van der Waals surface area contributed by atoms with E-state index in [0.717, 1.165) is 56.1 Å². The summed E-state index contributed by atoms with van der Waals surface area (Å²) >= 11 is 7.77. The number of anilines is 1. The van der Waals surface area contributed by atoms with Crippen molar-refractivity contribution in [2.45, 2.75) is 37.7 Å². The number of piperidine rings is 1. The lowest BCUT2D eigenvalue weighted by Crippen LogP contribution is -2.26. The zero-order chi connectivity index (χ0) is 18.4. The van der Waals surface area contributed by atoms with Gasteiger partial charge in [0.2, 0.25) is 5.95 Å². The fourth-order valence-electron chi connectivity index (χ4n) is 2.94. The molecule has 0 radical (unpaired) electrons. The number of aliphatic hydroxyl groups excluding tert-OH is 1. The summed E-state index contributed by atoms with van der Waals surface area (Å²) in [5, 5.41) is 15.8. The zero-order valence-corrected chi connectivity index (χ0v) is 16.1. The third kappa shape index (κ3) is 5.34. The summed E-state index contributed by atoms with van der Waals surface area (Å²) in [5.41, 5.74) is 7.01. The second-order valence-electron chi connectivity index (χ2n) is 6.39. The average molecular weight is 398 g/mol. The standard InChI is InChI=1S/C12H14ClN5S.C5H10O2/c13-8-5-16-12(14)18-10(8)9-6-19-11(17-9)7-1-3-15-4-2-7;6-5-2-1-3-7-4-5/h5-7,15H,1-4H2,(H2,14,16,18);5-6H,1-4H2. The van der Waals surface area contributed by atoms with Crippen molar-refractivity contribution < 1.29 is 9.84 Å². The Bertz CT molecular complexity index is 702. The van der Waals surface area contributed by atoms with Crippen LogP contribution in [0.5, 0.6) is 0 Å². The fourth-order valence-corrected chi connectivity index (χ4v) is 4.10. The predicted octanol–water partition coefficient (Wildman–Crippen LogP) is 2.46. The highest BCUT2D eigenvalue weighted by Gasteiger charge is 2.20. The molecular weight excluding hydrogens is 374 g/mol. The van der Waals surface area contributed by atoms with Gasteiger partial charge in [-0.2, -0.15) is 0 Å². The molecule has 2 aromatic rings. The number of ether oxygens (including phenoxy) is 1. The molecule has 7 nitrogen and oxygen atoms in total. The van der Waals surface area contributed by atoms with Gasteiger partial charge in [0.25, 0.3) is 0 Å². The molecule has 1 unspecified atom stereocenters. The number of nitrogen functional groups attached to an aromatic ring is 1. The van der Waals surface area contributed by atoms with E-state index < -0.39 is 0 Å². The molecule has 142 valence electrons. The Morgan fingerprint density at radius 3 is 2.73 bits per heavy atom. The van der Waals surface area contributed by atoms with Gasteiger partial charge in [-0.1, -0.05) is 11.6 Å². The molecule has 2 aliphatic heterocycles. The lowest BCUT2D eigenvalue weighted by atomic mass is 9.99. The monoisotopic (exact) mass is 397 g/mol. The number of aliphatic hydroxyl groups is 1. The number of nitrogens with one attached hydrogen (secondary N) is 1. The molecule has 4 heterocycles. The molecule has 0 aliphatic carbocycles. The number of rotatable bonds is 2. The number of hydrogen-bond acceptors (Lipinski definition) is 8. The molecule has 0 amide bonds. The van der Waals surface area contributed by atoms with Gasteiger partial charge in [-0.3, -0.25) is 0 Å². The molecule has 4 rings (SSSR count). The van der Waals surface area contributed by atoms with E-state index in [1.807, 2.05) is 5.38 Å². The SMILES string of the molecule is Nc1ncc(Cl)c(-c2csc(C3CCNCC3)n2)n1.OC1CCCOC1. The Balaban J connectivity index is 0.000000236. The van der Waals surface area contributed by atoms with Crippen molar-refractivity contribution in [3.8, 4) is 11.4 Å². The second kappa shape index (κ2) is 9.57. The summed E-state index contributed by atoms with van der Waals surface area (Å²) in [4.78, 5) is 12.7. The zero-order valence-electron chi connectivity index (χ0n) is 14.5. The number of aromatic nitrogens is 3. The van der Waals surface area contributed by atoms with Crippen molar-refractivity contribution in [3.05, 3.63) is 21.6 Å². The molecule has 0 saturated carbocycles. The molecule has 2 aliphatic rings. The molecule has 2 aromatic heterocycles. The summed E-state index contributed by atoms with van der Waals surface area (Å²) in [7, 11) is 0. The number of hydrogen-bond donors (Lipinski definition) is 3. The second-order valence-corrected chi connectivity index (χ2v) is 7.69. The van der Waals surface area contributed by atoms with Gasteiger partial charge in [-0.25, -0.2) is 15.0 Å².